The fourth-order valence-corrected chi connectivity index (χ4v) is 4.52. The zero-order chi connectivity index (χ0) is 27.1. The van der Waals surface area contributed by atoms with Crippen molar-refractivity contribution >= 4 is 28.7 Å². The van der Waals surface area contributed by atoms with Crippen molar-refractivity contribution in [1.29, 1.82) is 5.41 Å². The van der Waals surface area contributed by atoms with Gasteiger partial charge in [-0.1, -0.05) is 48.5 Å². The van der Waals surface area contributed by atoms with Gasteiger partial charge in [0.05, 0.1) is 28.2 Å². The number of aromatic carboxylic acids is 1. The molecule has 0 aliphatic rings. The van der Waals surface area contributed by atoms with Gasteiger partial charge in [0, 0.05) is 13.1 Å². The van der Waals surface area contributed by atoms with Gasteiger partial charge in [-0.15, -0.1) is 0 Å². The number of imidazole rings is 1. The van der Waals surface area contributed by atoms with E-state index >= 15 is 0 Å². The zero-order valence-electron chi connectivity index (χ0n) is 21.1. The van der Waals surface area contributed by atoms with Crippen molar-refractivity contribution in [3.63, 3.8) is 0 Å². The van der Waals surface area contributed by atoms with E-state index in [2.05, 4.69) is 10.6 Å². The summed E-state index contributed by atoms with van der Waals surface area (Å²) >= 11 is 0. The van der Waals surface area contributed by atoms with Crippen LogP contribution in [0.2, 0.25) is 0 Å². The molecule has 0 fully saturated rings. The van der Waals surface area contributed by atoms with E-state index in [1.807, 2.05) is 66.1 Å². The average Bonchev–Trinajstić information content (AvgIpc) is 3.33. The number of carbonyl (C=O) groups excluding carboxylic acids is 1. The number of aryl methyl sites for hydroxylation is 1. The van der Waals surface area contributed by atoms with Crippen LogP contribution in [0.25, 0.3) is 22.2 Å². The predicted molar refractivity (Wildman–Crippen MR) is 145 cm³/mol. The lowest BCUT2D eigenvalue weighted by molar-refractivity contribution is 0.0690. The summed E-state index contributed by atoms with van der Waals surface area (Å²) < 4.78 is 14.7. The molecule has 9 heteroatoms. The fourth-order valence-electron chi connectivity index (χ4n) is 4.52. The Balaban J connectivity index is 1.68. The number of benzene rings is 3. The second kappa shape index (κ2) is 12.1. The van der Waals surface area contributed by atoms with E-state index < -0.39 is 24.6 Å². The highest BCUT2D eigenvalue weighted by Gasteiger charge is 2.25. The Morgan fingerprint density at radius 2 is 1.76 bits per heavy atom. The molecule has 0 unspecified atom stereocenters. The Bertz CT molecular complexity index is 1450. The molecule has 0 saturated carbocycles. The predicted octanol–water partition coefficient (Wildman–Crippen LogP) is 5.21. The van der Waals surface area contributed by atoms with Gasteiger partial charge in [-0.2, -0.15) is 0 Å². The van der Waals surface area contributed by atoms with Crippen molar-refractivity contribution < 1.29 is 19.1 Å². The first kappa shape index (κ1) is 26.5. The molecule has 0 saturated heterocycles. The number of nitrogens with zero attached hydrogens (tertiary/aromatic N) is 2. The van der Waals surface area contributed by atoms with Crippen LogP contribution in [0.15, 0.2) is 72.8 Å². The molecule has 1 amide bonds. The Labute approximate surface area is 220 Å². The third-order valence-corrected chi connectivity index (χ3v) is 6.36. The Morgan fingerprint density at radius 3 is 2.47 bits per heavy atom. The van der Waals surface area contributed by atoms with Crippen molar-refractivity contribution in [1.82, 2.24) is 20.2 Å². The van der Waals surface area contributed by atoms with Crippen LogP contribution in [0.1, 0.15) is 52.3 Å². The molecule has 8 nitrogen and oxygen atoms in total. The van der Waals surface area contributed by atoms with Crippen LogP contribution >= 0.6 is 0 Å². The molecule has 1 aromatic heterocycles. The van der Waals surface area contributed by atoms with Crippen LogP contribution < -0.4 is 10.6 Å². The number of hydrogen-bond donors (Lipinski definition) is 4. The second-order valence-electron chi connectivity index (χ2n) is 8.84. The summed E-state index contributed by atoms with van der Waals surface area (Å²) in [7, 11) is 0. The monoisotopic (exact) mass is 515 g/mol. The van der Waals surface area contributed by atoms with Gasteiger partial charge in [0.15, 0.2) is 0 Å². The number of carboxylic acid groups (broad SMARTS) is 1. The molecule has 0 aliphatic carbocycles. The largest absolute Gasteiger partial charge is 0.478 e. The number of amides is 1. The summed E-state index contributed by atoms with van der Waals surface area (Å²) in [5.74, 6) is -1.26. The number of carbonyl (C=O) groups is 2. The van der Waals surface area contributed by atoms with E-state index in [-0.39, 0.29) is 17.0 Å². The lowest BCUT2D eigenvalue weighted by Gasteiger charge is -2.21. The summed E-state index contributed by atoms with van der Waals surface area (Å²) in [4.78, 5) is 30.4. The molecule has 0 bridgehead atoms. The van der Waals surface area contributed by atoms with Gasteiger partial charge in [-0.05, 0) is 55.2 Å². The van der Waals surface area contributed by atoms with Crippen LogP contribution in [0.4, 0.5) is 4.39 Å². The molecular formula is C29H30FN5O3. The first-order valence-corrected chi connectivity index (χ1v) is 12.5. The summed E-state index contributed by atoms with van der Waals surface area (Å²) in [5, 5.41) is 23.0. The van der Waals surface area contributed by atoms with Gasteiger partial charge >= 0.3 is 5.97 Å². The lowest BCUT2D eigenvalue weighted by Crippen LogP contribution is -2.33. The molecule has 38 heavy (non-hydrogen) atoms. The quantitative estimate of drug-likeness (QED) is 0.124. The van der Waals surface area contributed by atoms with Crippen LogP contribution in [-0.4, -0.2) is 45.6 Å². The summed E-state index contributed by atoms with van der Waals surface area (Å²) in [6.45, 7) is 2.09. The third-order valence-electron chi connectivity index (χ3n) is 6.36. The van der Waals surface area contributed by atoms with E-state index in [4.69, 9.17) is 10.4 Å². The molecule has 4 rings (SSSR count). The number of para-hydroxylation sites is 2. The van der Waals surface area contributed by atoms with Crippen LogP contribution in [0.5, 0.6) is 0 Å². The van der Waals surface area contributed by atoms with E-state index in [9.17, 15) is 19.1 Å². The Kier molecular flexibility index (Phi) is 8.47. The number of rotatable bonds is 11. The maximum atomic E-state index is 13.6. The van der Waals surface area contributed by atoms with E-state index in [0.717, 1.165) is 22.2 Å². The minimum absolute atomic E-state index is 0.0559. The number of halogens is 1. The minimum Gasteiger partial charge on any atom is -0.478 e. The normalized spacial score (nSPS) is 11.7. The van der Waals surface area contributed by atoms with Gasteiger partial charge in [0.2, 0.25) is 0 Å². The summed E-state index contributed by atoms with van der Waals surface area (Å²) in [6.07, 6.45) is 0.971. The number of fused-ring (bicyclic) bond motifs is 1. The first-order chi connectivity index (χ1) is 18.4. The smallest absolute Gasteiger partial charge is 0.336 e. The van der Waals surface area contributed by atoms with Crippen molar-refractivity contribution in [2.24, 2.45) is 0 Å². The molecule has 1 atom stereocenters. The molecular weight excluding hydrogens is 485 g/mol. The molecule has 0 spiro atoms. The molecule has 4 N–H and O–H groups in total. The second-order valence-corrected chi connectivity index (χ2v) is 8.84. The number of carboxylic acids is 1. The zero-order valence-corrected chi connectivity index (χ0v) is 21.1. The molecule has 0 aliphatic heterocycles. The fraction of sp³-hybridized carbons (Fsp3) is 0.241. The lowest BCUT2D eigenvalue weighted by atomic mass is 9.98. The number of aromatic nitrogens is 2. The number of alkyl halides is 1. The number of nitrogens with one attached hydrogen (secondary N) is 3. The molecule has 196 valence electrons. The maximum absolute atomic E-state index is 13.6. The third kappa shape index (κ3) is 5.88. The molecule has 1 heterocycles. The van der Waals surface area contributed by atoms with Crippen LogP contribution in [0, 0.1) is 5.41 Å². The molecule has 0 radical (unpaired) electrons. The van der Waals surface area contributed by atoms with Crippen LogP contribution in [-0.2, 0) is 6.54 Å². The SMILES string of the molecule is CCn1c([C@H](CCCNC(=N)CF)NC(=O)c2cc(-c3ccccc3)ccc2C(=O)O)nc2ccccc21. The standard InChI is InChI=1S/C29H30FN5O3/c1-2-35-25-13-7-6-11-23(25)33-27(35)24(12-8-16-32-26(31)18-30)34-28(36)22-17-20(14-15-21(22)29(37)38)19-9-4-3-5-10-19/h3-7,9-11,13-15,17,24H,2,8,12,16,18H2,1H3,(H2,31,32)(H,34,36)(H,37,38)/t24-/m0/s1. The minimum atomic E-state index is -1.19. The topological polar surface area (TPSA) is 120 Å². The molecule has 4 aromatic rings. The maximum Gasteiger partial charge on any atom is 0.336 e. The Morgan fingerprint density at radius 1 is 1.03 bits per heavy atom. The van der Waals surface area contributed by atoms with Gasteiger partial charge < -0.3 is 20.3 Å². The highest BCUT2D eigenvalue weighted by Crippen LogP contribution is 2.26. The average molecular weight is 516 g/mol. The van der Waals surface area contributed by atoms with Crippen molar-refractivity contribution in [3.05, 3.63) is 89.7 Å². The van der Waals surface area contributed by atoms with Crippen molar-refractivity contribution in [2.45, 2.75) is 32.4 Å². The Hall–Kier alpha value is -4.53. The van der Waals surface area contributed by atoms with E-state index in [0.29, 0.717) is 31.8 Å². The first-order valence-electron chi connectivity index (χ1n) is 12.5. The highest BCUT2D eigenvalue weighted by atomic mass is 19.1. The highest BCUT2D eigenvalue weighted by molar-refractivity contribution is 6.06. The van der Waals surface area contributed by atoms with E-state index in [1.54, 1.807) is 12.1 Å². The summed E-state index contributed by atoms with van der Waals surface area (Å²) in [6, 6.07) is 21.3. The van der Waals surface area contributed by atoms with Crippen molar-refractivity contribution in [2.75, 3.05) is 13.2 Å². The van der Waals surface area contributed by atoms with Gasteiger partial charge in [0.1, 0.15) is 18.3 Å². The van der Waals surface area contributed by atoms with Crippen molar-refractivity contribution in [3.8, 4) is 11.1 Å². The van der Waals surface area contributed by atoms with E-state index in [1.165, 1.54) is 6.07 Å². The summed E-state index contributed by atoms with van der Waals surface area (Å²) in [5.41, 5.74) is 3.27. The van der Waals surface area contributed by atoms with Crippen LogP contribution in [0.3, 0.4) is 0 Å². The molecule has 3 aromatic carbocycles. The van der Waals surface area contributed by atoms with Gasteiger partial charge in [0.25, 0.3) is 5.91 Å². The van der Waals surface area contributed by atoms with Gasteiger partial charge in [-0.3, -0.25) is 10.2 Å². The number of hydrogen-bond acceptors (Lipinski definition) is 4. The number of amidine groups is 1. The van der Waals surface area contributed by atoms with Gasteiger partial charge in [-0.25, -0.2) is 14.2 Å².